The molecule has 0 aromatic heterocycles. The Hall–Kier alpha value is -0.380. The molecule has 1 aromatic carbocycles. The lowest BCUT2D eigenvalue weighted by atomic mass is 10.1. The van der Waals surface area contributed by atoms with Gasteiger partial charge in [-0.25, -0.2) is 0 Å². The molecule has 1 aromatic rings. The maximum absolute atomic E-state index is 3.53. The highest BCUT2D eigenvalue weighted by Crippen LogP contribution is 2.15. The summed E-state index contributed by atoms with van der Waals surface area (Å²) in [4.78, 5) is 0. The van der Waals surface area contributed by atoms with Crippen LogP contribution in [0.1, 0.15) is 31.9 Å². The van der Waals surface area contributed by atoms with E-state index in [9.17, 15) is 0 Å². The molecule has 0 amide bonds. The fourth-order valence-corrected chi connectivity index (χ4v) is 2.35. The van der Waals surface area contributed by atoms with Gasteiger partial charge < -0.3 is 10.6 Å². The molecular weight excluding hydrogens is 276 g/mol. The number of hydrogen-bond donors (Lipinski definition) is 2. The Bertz CT molecular complexity index is 330. The van der Waals surface area contributed by atoms with Crippen LogP contribution < -0.4 is 10.6 Å². The van der Waals surface area contributed by atoms with E-state index < -0.39 is 0 Å². The van der Waals surface area contributed by atoms with E-state index in [1.54, 1.807) is 0 Å². The minimum absolute atomic E-state index is 0.483. The molecule has 0 aliphatic rings. The zero-order valence-corrected chi connectivity index (χ0v) is 12.8. The van der Waals surface area contributed by atoms with E-state index in [0.717, 1.165) is 17.6 Å². The van der Waals surface area contributed by atoms with Gasteiger partial charge in [-0.2, -0.15) is 0 Å². The maximum atomic E-state index is 3.53. The molecule has 0 spiro atoms. The summed E-state index contributed by atoms with van der Waals surface area (Å²) in [5.41, 5.74) is 2.62. The average Bonchev–Trinajstić information content (AvgIpc) is 2.22. The van der Waals surface area contributed by atoms with Gasteiger partial charge in [-0.1, -0.05) is 35.8 Å². The summed E-state index contributed by atoms with van der Waals surface area (Å²) in [7, 11) is 0. The molecule has 1 atom stereocenters. The third kappa shape index (κ3) is 6.20. The second kappa shape index (κ2) is 7.14. The predicted octanol–water partition coefficient (Wildman–Crippen LogP) is 3.23. The van der Waals surface area contributed by atoms with Crippen LogP contribution in [0.4, 0.5) is 0 Å². The van der Waals surface area contributed by atoms with Gasteiger partial charge in [0.25, 0.3) is 0 Å². The van der Waals surface area contributed by atoms with Gasteiger partial charge in [0.05, 0.1) is 0 Å². The van der Waals surface area contributed by atoms with Crippen LogP contribution in [0.2, 0.25) is 0 Å². The number of nitrogens with one attached hydrogen (secondary N) is 2. The molecule has 3 heteroatoms. The molecule has 0 aliphatic heterocycles. The third-order valence-corrected chi connectivity index (χ3v) is 3.05. The van der Waals surface area contributed by atoms with Crippen LogP contribution >= 0.6 is 15.9 Å². The molecule has 2 N–H and O–H groups in total. The average molecular weight is 299 g/mol. The normalized spacial score (nSPS) is 13.1. The van der Waals surface area contributed by atoms with Crippen LogP contribution in [-0.4, -0.2) is 18.6 Å². The summed E-state index contributed by atoms with van der Waals surface area (Å²) in [6.45, 7) is 10.6. The van der Waals surface area contributed by atoms with E-state index in [2.05, 4.69) is 72.5 Å². The van der Waals surface area contributed by atoms with Crippen molar-refractivity contribution in [2.45, 2.75) is 46.3 Å². The van der Waals surface area contributed by atoms with Gasteiger partial charge in [0.2, 0.25) is 0 Å². The zero-order chi connectivity index (χ0) is 12.8. The van der Waals surface area contributed by atoms with E-state index in [0.29, 0.717) is 12.1 Å². The molecule has 0 fully saturated rings. The van der Waals surface area contributed by atoms with Crippen molar-refractivity contribution < 1.29 is 0 Å². The lowest BCUT2D eigenvalue weighted by Gasteiger charge is -2.17. The van der Waals surface area contributed by atoms with Crippen molar-refractivity contribution in [3.8, 4) is 0 Å². The molecule has 0 radical (unpaired) electrons. The van der Waals surface area contributed by atoms with Crippen molar-refractivity contribution in [2.24, 2.45) is 0 Å². The fourth-order valence-electron chi connectivity index (χ4n) is 1.69. The quantitative estimate of drug-likeness (QED) is 0.842. The van der Waals surface area contributed by atoms with Gasteiger partial charge in [-0.3, -0.25) is 0 Å². The van der Waals surface area contributed by atoms with E-state index in [4.69, 9.17) is 0 Å². The second-order valence-electron chi connectivity index (χ2n) is 4.98. The molecule has 0 aliphatic carbocycles. The minimum Gasteiger partial charge on any atom is -0.313 e. The molecule has 96 valence electrons. The first-order valence-electron chi connectivity index (χ1n) is 6.20. The molecule has 0 saturated heterocycles. The Balaban J connectivity index is 2.39. The van der Waals surface area contributed by atoms with Crippen LogP contribution in [0.15, 0.2) is 22.7 Å². The third-order valence-electron chi connectivity index (χ3n) is 2.59. The molecule has 17 heavy (non-hydrogen) atoms. The van der Waals surface area contributed by atoms with E-state index in [-0.39, 0.29) is 0 Å². The van der Waals surface area contributed by atoms with Crippen molar-refractivity contribution >= 4 is 15.9 Å². The van der Waals surface area contributed by atoms with Crippen LogP contribution in [0.3, 0.4) is 0 Å². The van der Waals surface area contributed by atoms with Gasteiger partial charge in [0.15, 0.2) is 0 Å². The van der Waals surface area contributed by atoms with Crippen LogP contribution in [0, 0.1) is 6.92 Å². The van der Waals surface area contributed by atoms with Gasteiger partial charge >= 0.3 is 0 Å². The molecular formula is C14H23BrN2. The summed E-state index contributed by atoms with van der Waals surface area (Å²) in [6, 6.07) is 7.56. The number of hydrogen-bond acceptors (Lipinski definition) is 2. The van der Waals surface area contributed by atoms with Gasteiger partial charge in [0, 0.05) is 29.6 Å². The minimum atomic E-state index is 0.483. The molecule has 0 heterocycles. The highest BCUT2D eigenvalue weighted by molar-refractivity contribution is 9.10. The SMILES string of the molecule is Cc1cc(Br)cc(CNC(C)CNC(C)C)c1. The van der Waals surface area contributed by atoms with Crippen molar-refractivity contribution in [3.05, 3.63) is 33.8 Å². The number of benzene rings is 1. The van der Waals surface area contributed by atoms with Gasteiger partial charge in [-0.15, -0.1) is 0 Å². The van der Waals surface area contributed by atoms with Crippen molar-refractivity contribution in [3.63, 3.8) is 0 Å². The Morgan fingerprint density at radius 2 is 1.82 bits per heavy atom. The van der Waals surface area contributed by atoms with Gasteiger partial charge in [0.1, 0.15) is 0 Å². The maximum Gasteiger partial charge on any atom is 0.0209 e. The van der Waals surface area contributed by atoms with E-state index in [1.165, 1.54) is 11.1 Å². The van der Waals surface area contributed by atoms with Crippen molar-refractivity contribution in [2.75, 3.05) is 6.54 Å². The van der Waals surface area contributed by atoms with Crippen LogP contribution in [0.5, 0.6) is 0 Å². The van der Waals surface area contributed by atoms with Gasteiger partial charge in [-0.05, 0) is 37.1 Å². The first-order chi connectivity index (χ1) is 7.97. The smallest absolute Gasteiger partial charge is 0.0209 e. The Labute approximate surface area is 113 Å². The van der Waals surface area contributed by atoms with Crippen molar-refractivity contribution in [1.29, 1.82) is 0 Å². The second-order valence-corrected chi connectivity index (χ2v) is 5.90. The Kier molecular flexibility index (Phi) is 6.17. The topological polar surface area (TPSA) is 24.1 Å². The van der Waals surface area contributed by atoms with E-state index >= 15 is 0 Å². The summed E-state index contributed by atoms with van der Waals surface area (Å²) >= 11 is 3.53. The Morgan fingerprint density at radius 3 is 2.41 bits per heavy atom. The number of rotatable bonds is 6. The summed E-state index contributed by atoms with van der Waals surface area (Å²) < 4.78 is 1.15. The standard InChI is InChI=1S/C14H23BrN2/c1-10(2)16-8-12(4)17-9-13-5-11(3)6-14(15)7-13/h5-7,10,12,16-17H,8-9H2,1-4H3. The lowest BCUT2D eigenvalue weighted by molar-refractivity contribution is 0.474. The molecule has 2 nitrogen and oxygen atoms in total. The molecule has 0 bridgehead atoms. The lowest BCUT2D eigenvalue weighted by Crippen LogP contribution is -2.38. The first-order valence-corrected chi connectivity index (χ1v) is 6.99. The predicted molar refractivity (Wildman–Crippen MR) is 78.3 cm³/mol. The monoisotopic (exact) mass is 298 g/mol. The summed E-state index contributed by atoms with van der Waals surface area (Å²) in [5.74, 6) is 0. The molecule has 1 unspecified atom stereocenters. The van der Waals surface area contributed by atoms with Crippen LogP contribution in [0.25, 0.3) is 0 Å². The van der Waals surface area contributed by atoms with Crippen LogP contribution in [-0.2, 0) is 6.54 Å². The summed E-state index contributed by atoms with van der Waals surface area (Å²) in [5, 5.41) is 6.96. The Morgan fingerprint density at radius 1 is 1.12 bits per heavy atom. The van der Waals surface area contributed by atoms with Crippen molar-refractivity contribution in [1.82, 2.24) is 10.6 Å². The largest absolute Gasteiger partial charge is 0.313 e. The van der Waals surface area contributed by atoms with E-state index in [1.807, 2.05) is 0 Å². The number of halogens is 1. The molecule has 0 saturated carbocycles. The fraction of sp³-hybridized carbons (Fsp3) is 0.571. The highest BCUT2D eigenvalue weighted by Gasteiger charge is 2.03. The zero-order valence-electron chi connectivity index (χ0n) is 11.2. The first kappa shape index (κ1) is 14.7. The molecule has 1 rings (SSSR count). The summed E-state index contributed by atoms with van der Waals surface area (Å²) in [6.07, 6.45) is 0. The number of aryl methyl sites for hydroxylation is 1. The highest BCUT2D eigenvalue weighted by atomic mass is 79.9.